The summed E-state index contributed by atoms with van der Waals surface area (Å²) in [4.78, 5) is 27.8. The minimum Gasteiger partial charge on any atom is -0.338 e. The number of amides is 2. The fourth-order valence-corrected chi connectivity index (χ4v) is 5.61. The van der Waals surface area contributed by atoms with Gasteiger partial charge in [-0.2, -0.15) is 0 Å². The highest BCUT2D eigenvalue weighted by Gasteiger charge is 2.30. The number of nitrogens with zero attached hydrogens (tertiary/aromatic N) is 1. The van der Waals surface area contributed by atoms with E-state index in [1.807, 2.05) is 24.3 Å². The van der Waals surface area contributed by atoms with Crippen molar-refractivity contribution in [1.29, 1.82) is 0 Å². The first-order chi connectivity index (χ1) is 14.7. The molecule has 0 atom stereocenters. The number of hydrogen-bond donors (Lipinski definition) is 2. The van der Waals surface area contributed by atoms with Crippen LogP contribution in [0.25, 0.3) is 10.1 Å². The van der Waals surface area contributed by atoms with Gasteiger partial charge in [0.1, 0.15) is 4.88 Å². The van der Waals surface area contributed by atoms with Crippen molar-refractivity contribution in [3.05, 3.63) is 58.4 Å². The average Bonchev–Trinajstić information content (AvgIpc) is 3.10. The van der Waals surface area contributed by atoms with E-state index < -0.39 is 10.0 Å². The van der Waals surface area contributed by atoms with Crippen molar-refractivity contribution in [1.82, 2.24) is 4.90 Å². The Morgan fingerprint density at radius 3 is 2.32 bits per heavy atom. The van der Waals surface area contributed by atoms with Gasteiger partial charge in [0, 0.05) is 34.8 Å². The number of fused-ring (bicyclic) bond motifs is 1. The molecule has 3 aromatic rings. The molecule has 1 aromatic heterocycles. The van der Waals surface area contributed by atoms with E-state index in [1.54, 1.807) is 4.90 Å². The predicted octanol–water partition coefficient (Wildman–Crippen LogP) is 3.69. The van der Waals surface area contributed by atoms with Crippen LogP contribution in [0.5, 0.6) is 0 Å². The number of halogens is 1. The van der Waals surface area contributed by atoms with Crippen LogP contribution in [-0.2, 0) is 14.8 Å². The van der Waals surface area contributed by atoms with Crippen LogP contribution >= 0.6 is 22.9 Å². The number of piperidine rings is 1. The Labute approximate surface area is 188 Å². The van der Waals surface area contributed by atoms with E-state index in [0.717, 1.165) is 10.1 Å². The lowest BCUT2D eigenvalue weighted by molar-refractivity contribution is -0.121. The van der Waals surface area contributed by atoms with Gasteiger partial charge in [0.25, 0.3) is 5.91 Å². The second-order valence-electron chi connectivity index (χ2n) is 7.37. The topological polar surface area (TPSA) is 110 Å². The van der Waals surface area contributed by atoms with Gasteiger partial charge in [0.2, 0.25) is 15.9 Å². The molecule has 1 fully saturated rings. The number of nitrogens with two attached hydrogens (primary N) is 1. The zero-order chi connectivity index (χ0) is 22.2. The monoisotopic (exact) mass is 477 g/mol. The van der Waals surface area contributed by atoms with E-state index >= 15 is 0 Å². The fourth-order valence-electron chi connectivity index (χ4n) is 3.61. The summed E-state index contributed by atoms with van der Waals surface area (Å²) in [7, 11) is -3.78. The second-order valence-corrected chi connectivity index (χ2v) is 10.4. The SMILES string of the molecule is NS(=O)(=O)c1ccc(NC(=O)C2CCN(C(=O)c3sc4ccccc4c3Cl)CC2)cc1. The normalized spacial score (nSPS) is 15.2. The van der Waals surface area contributed by atoms with Gasteiger partial charge in [-0.1, -0.05) is 29.8 Å². The van der Waals surface area contributed by atoms with E-state index in [-0.39, 0.29) is 22.6 Å². The third-order valence-corrected chi connectivity index (χ3v) is 7.93. The van der Waals surface area contributed by atoms with Crippen molar-refractivity contribution in [2.45, 2.75) is 17.7 Å². The molecule has 3 N–H and O–H groups in total. The van der Waals surface area contributed by atoms with Crippen molar-refractivity contribution >= 4 is 60.5 Å². The lowest BCUT2D eigenvalue weighted by Crippen LogP contribution is -2.41. The Kier molecular flexibility index (Phi) is 6.02. The smallest absolute Gasteiger partial charge is 0.265 e. The summed E-state index contributed by atoms with van der Waals surface area (Å²) in [5.41, 5.74) is 0.493. The molecule has 10 heteroatoms. The maximum absolute atomic E-state index is 13.0. The molecule has 162 valence electrons. The summed E-state index contributed by atoms with van der Waals surface area (Å²) in [5, 5.41) is 9.23. The molecular formula is C21H20ClN3O4S2. The Bertz CT molecular complexity index is 1250. The third-order valence-electron chi connectivity index (χ3n) is 5.33. The van der Waals surface area contributed by atoms with Crippen LogP contribution in [0.3, 0.4) is 0 Å². The zero-order valence-electron chi connectivity index (χ0n) is 16.4. The molecule has 7 nitrogen and oxygen atoms in total. The first-order valence-corrected chi connectivity index (χ1v) is 12.4. The Morgan fingerprint density at radius 2 is 1.71 bits per heavy atom. The van der Waals surface area contributed by atoms with Gasteiger partial charge in [-0.3, -0.25) is 9.59 Å². The summed E-state index contributed by atoms with van der Waals surface area (Å²) in [6, 6.07) is 13.3. The molecule has 1 aliphatic heterocycles. The maximum Gasteiger partial charge on any atom is 0.265 e. The molecule has 2 amide bonds. The van der Waals surface area contributed by atoms with Gasteiger partial charge in [0.05, 0.1) is 9.92 Å². The molecule has 0 saturated carbocycles. The highest BCUT2D eigenvalue weighted by Crippen LogP contribution is 2.36. The number of sulfonamides is 1. The molecule has 0 spiro atoms. The van der Waals surface area contributed by atoms with E-state index in [1.165, 1.54) is 35.6 Å². The molecule has 1 saturated heterocycles. The van der Waals surface area contributed by atoms with Crippen molar-refractivity contribution in [2.24, 2.45) is 11.1 Å². The number of nitrogens with one attached hydrogen (secondary N) is 1. The number of carbonyl (C=O) groups excluding carboxylic acids is 2. The lowest BCUT2D eigenvalue weighted by atomic mass is 9.95. The predicted molar refractivity (Wildman–Crippen MR) is 122 cm³/mol. The van der Waals surface area contributed by atoms with E-state index in [0.29, 0.717) is 41.5 Å². The number of rotatable bonds is 4. The number of thiophene rings is 1. The fraction of sp³-hybridized carbons (Fsp3) is 0.238. The second kappa shape index (κ2) is 8.58. The van der Waals surface area contributed by atoms with Gasteiger partial charge >= 0.3 is 0 Å². The largest absolute Gasteiger partial charge is 0.338 e. The van der Waals surface area contributed by atoms with Crippen molar-refractivity contribution < 1.29 is 18.0 Å². The van der Waals surface area contributed by atoms with Crippen LogP contribution < -0.4 is 10.5 Å². The van der Waals surface area contributed by atoms with Gasteiger partial charge in [-0.25, -0.2) is 13.6 Å². The Balaban J connectivity index is 1.37. The van der Waals surface area contributed by atoms with Crippen molar-refractivity contribution in [2.75, 3.05) is 18.4 Å². The molecule has 1 aliphatic rings. The minimum absolute atomic E-state index is 0.0165. The number of carbonyl (C=O) groups is 2. The van der Waals surface area contributed by atoms with Gasteiger partial charge < -0.3 is 10.2 Å². The molecule has 4 rings (SSSR count). The van der Waals surface area contributed by atoms with Crippen molar-refractivity contribution in [3.8, 4) is 0 Å². The van der Waals surface area contributed by atoms with Crippen LogP contribution in [0.2, 0.25) is 5.02 Å². The minimum atomic E-state index is -3.78. The van der Waals surface area contributed by atoms with E-state index in [2.05, 4.69) is 5.32 Å². The summed E-state index contributed by atoms with van der Waals surface area (Å²) in [6.45, 7) is 0.928. The third kappa shape index (κ3) is 4.59. The first-order valence-electron chi connectivity index (χ1n) is 9.64. The number of benzene rings is 2. The zero-order valence-corrected chi connectivity index (χ0v) is 18.8. The molecular weight excluding hydrogens is 458 g/mol. The van der Waals surface area contributed by atoms with Crippen molar-refractivity contribution in [3.63, 3.8) is 0 Å². The highest BCUT2D eigenvalue weighted by atomic mass is 35.5. The molecule has 0 unspecified atom stereocenters. The molecule has 0 aliphatic carbocycles. The van der Waals surface area contributed by atoms with Crippen LogP contribution in [0.4, 0.5) is 5.69 Å². The number of anilines is 1. The molecule has 2 heterocycles. The first kappa shape index (κ1) is 21.8. The number of hydrogen-bond acceptors (Lipinski definition) is 5. The molecule has 0 radical (unpaired) electrons. The summed E-state index contributed by atoms with van der Waals surface area (Å²) >= 11 is 7.82. The van der Waals surface area contributed by atoms with E-state index in [4.69, 9.17) is 16.7 Å². The quantitative estimate of drug-likeness (QED) is 0.597. The average molecular weight is 478 g/mol. The van der Waals surface area contributed by atoms with Crippen LogP contribution in [0.1, 0.15) is 22.5 Å². The Morgan fingerprint density at radius 1 is 1.06 bits per heavy atom. The standard InChI is InChI=1S/C21H20ClN3O4S2/c22-18-16-3-1-2-4-17(16)30-19(18)21(27)25-11-9-13(10-12-25)20(26)24-14-5-7-15(8-6-14)31(23,28)29/h1-8,13H,9-12H2,(H,24,26)(H2,23,28,29). The maximum atomic E-state index is 13.0. The number of primary sulfonamides is 1. The summed E-state index contributed by atoms with van der Waals surface area (Å²) in [5.74, 6) is -0.501. The Hall–Kier alpha value is -2.46. The van der Waals surface area contributed by atoms with Crippen LogP contribution in [0.15, 0.2) is 53.4 Å². The summed E-state index contributed by atoms with van der Waals surface area (Å²) in [6.07, 6.45) is 1.07. The van der Waals surface area contributed by atoms with E-state index in [9.17, 15) is 18.0 Å². The molecule has 0 bridgehead atoms. The van der Waals surface area contributed by atoms with Crippen LogP contribution in [-0.4, -0.2) is 38.2 Å². The summed E-state index contributed by atoms with van der Waals surface area (Å²) < 4.78 is 23.6. The number of likely N-dealkylation sites (tertiary alicyclic amines) is 1. The van der Waals surface area contributed by atoms with Gasteiger partial charge in [-0.15, -0.1) is 11.3 Å². The molecule has 31 heavy (non-hydrogen) atoms. The van der Waals surface area contributed by atoms with Gasteiger partial charge in [-0.05, 0) is 43.2 Å². The molecule has 2 aromatic carbocycles. The highest BCUT2D eigenvalue weighted by molar-refractivity contribution is 7.89. The lowest BCUT2D eigenvalue weighted by Gasteiger charge is -2.31. The van der Waals surface area contributed by atoms with Crippen LogP contribution in [0, 0.1) is 5.92 Å². The van der Waals surface area contributed by atoms with Gasteiger partial charge in [0.15, 0.2) is 0 Å².